The Labute approximate surface area is 187 Å². The SMILES string of the molecule is O=C(/C=C/c1cccs1)N1CCC2(CC1)CC2C(=O)N1CCN(c2ccccc2)CC1. The fourth-order valence-corrected chi connectivity index (χ4v) is 5.73. The molecule has 1 atom stereocenters. The van der Waals surface area contributed by atoms with Crippen molar-refractivity contribution in [2.75, 3.05) is 44.2 Å². The van der Waals surface area contributed by atoms with Crippen molar-refractivity contribution >= 4 is 34.9 Å². The Hall–Kier alpha value is -2.60. The Balaban J connectivity index is 1.10. The predicted molar refractivity (Wildman–Crippen MR) is 125 cm³/mol. The monoisotopic (exact) mass is 435 g/mol. The zero-order chi connectivity index (χ0) is 21.3. The summed E-state index contributed by atoms with van der Waals surface area (Å²) in [5.41, 5.74) is 1.38. The molecule has 3 fully saturated rings. The van der Waals surface area contributed by atoms with E-state index in [1.807, 2.05) is 34.6 Å². The van der Waals surface area contributed by atoms with E-state index in [0.717, 1.165) is 63.4 Å². The Kier molecular flexibility index (Phi) is 5.57. The number of hydrogen-bond acceptors (Lipinski definition) is 4. The van der Waals surface area contributed by atoms with Gasteiger partial charge in [0.2, 0.25) is 11.8 Å². The number of carbonyl (C=O) groups excluding carboxylic acids is 2. The molecule has 5 nitrogen and oxygen atoms in total. The average Bonchev–Trinajstić information content (AvgIpc) is 3.25. The zero-order valence-corrected chi connectivity index (χ0v) is 18.6. The van der Waals surface area contributed by atoms with Gasteiger partial charge in [-0.25, -0.2) is 0 Å². The first kappa shape index (κ1) is 20.3. The number of piperazine rings is 1. The van der Waals surface area contributed by atoms with Crippen LogP contribution in [0.1, 0.15) is 24.1 Å². The maximum absolute atomic E-state index is 13.1. The van der Waals surface area contributed by atoms with E-state index in [4.69, 9.17) is 0 Å². The third kappa shape index (κ3) is 4.26. The summed E-state index contributed by atoms with van der Waals surface area (Å²) < 4.78 is 0. The molecule has 0 N–H and O–H groups in total. The highest BCUT2D eigenvalue weighted by molar-refractivity contribution is 7.10. The second-order valence-electron chi connectivity index (χ2n) is 8.94. The van der Waals surface area contributed by atoms with Crippen LogP contribution in [0, 0.1) is 11.3 Å². The first-order valence-electron chi connectivity index (χ1n) is 11.2. The van der Waals surface area contributed by atoms with E-state index in [2.05, 4.69) is 34.1 Å². The van der Waals surface area contributed by atoms with Crippen molar-refractivity contribution in [1.82, 2.24) is 9.80 Å². The second kappa shape index (κ2) is 8.50. The van der Waals surface area contributed by atoms with E-state index >= 15 is 0 Å². The van der Waals surface area contributed by atoms with Gasteiger partial charge >= 0.3 is 0 Å². The van der Waals surface area contributed by atoms with Crippen LogP contribution < -0.4 is 4.90 Å². The highest BCUT2D eigenvalue weighted by Crippen LogP contribution is 2.60. The number of rotatable bonds is 4. The molecule has 2 aliphatic heterocycles. The Morgan fingerprint density at radius 1 is 0.903 bits per heavy atom. The number of amides is 2. The zero-order valence-electron chi connectivity index (χ0n) is 17.8. The molecule has 2 amide bonds. The predicted octanol–water partition coefficient (Wildman–Crippen LogP) is 3.74. The summed E-state index contributed by atoms with van der Waals surface area (Å²) in [6.45, 7) is 4.93. The molecule has 6 heteroatoms. The van der Waals surface area contributed by atoms with Crippen molar-refractivity contribution in [2.24, 2.45) is 11.3 Å². The van der Waals surface area contributed by atoms with Crippen molar-refractivity contribution in [3.8, 4) is 0 Å². The lowest BCUT2D eigenvalue weighted by atomic mass is 9.90. The number of anilines is 1. The van der Waals surface area contributed by atoms with Crippen LogP contribution >= 0.6 is 11.3 Å². The fourth-order valence-electron chi connectivity index (χ4n) is 5.11. The van der Waals surface area contributed by atoms with Gasteiger partial charge in [0.1, 0.15) is 0 Å². The summed E-state index contributed by atoms with van der Waals surface area (Å²) in [4.78, 5) is 33.1. The normalized spacial score (nSPS) is 22.8. The molecule has 1 saturated carbocycles. The van der Waals surface area contributed by atoms with E-state index in [1.165, 1.54) is 5.69 Å². The summed E-state index contributed by atoms with van der Waals surface area (Å²) in [7, 11) is 0. The number of thiophene rings is 1. The molecule has 1 aromatic heterocycles. The lowest BCUT2D eigenvalue weighted by molar-refractivity contribution is -0.134. The first-order valence-corrected chi connectivity index (χ1v) is 12.1. The van der Waals surface area contributed by atoms with Crippen molar-refractivity contribution in [3.05, 3.63) is 58.8 Å². The van der Waals surface area contributed by atoms with Crippen molar-refractivity contribution in [2.45, 2.75) is 19.3 Å². The maximum atomic E-state index is 13.1. The van der Waals surface area contributed by atoms with Crippen LogP contribution in [0.2, 0.25) is 0 Å². The molecule has 0 radical (unpaired) electrons. The Morgan fingerprint density at radius 3 is 2.32 bits per heavy atom. The van der Waals surface area contributed by atoms with E-state index < -0.39 is 0 Å². The highest BCUT2D eigenvalue weighted by atomic mass is 32.1. The third-order valence-electron chi connectivity index (χ3n) is 7.20. The number of benzene rings is 1. The molecule has 2 aromatic rings. The minimum atomic E-state index is 0.0869. The summed E-state index contributed by atoms with van der Waals surface area (Å²) in [6, 6.07) is 14.4. The minimum Gasteiger partial charge on any atom is -0.368 e. The van der Waals surface area contributed by atoms with Gasteiger partial charge in [0.05, 0.1) is 0 Å². The minimum absolute atomic E-state index is 0.0869. The molecule has 3 aliphatic rings. The van der Waals surface area contributed by atoms with Gasteiger partial charge in [-0.3, -0.25) is 9.59 Å². The van der Waals surface area contributed by atoms with E-state index in [0.29, 0.717) is 5.91 Å². The molecule has 1 unspecified atom stereocenters. The van der Waals surface area contributed by atoms with Gasteiger partial charge in [-0.15, -0.1) is 11.3 Å². The van der Waals surface area contributed by atoms with Crippen LogP contribution in [-0.2, 0) is 9.59 Å². The second-order valence-corrected chi connectivity index (χ2v) is 9.92. The van der Waals surface area contributed by atoms with Crippen molar-refractivity contribution < 1.29 is 9.59 Å². The molecule has 0 bridgehead atoms. The van der Waals surface area contributed by atoms with Crippen LogP contribution in [-0.4, -0.2) is 60.9 Å². The van der Waals surface area contributed by atoms with E-state index in [1.54, 1.807) is 17.4 Å². The van der Waals surface area contributed by atoms with Crippen molar-refractivity contribution in [3.63, 3.8) is 0 Å². The molecule has 5 rings (SSSR count). The summed E-state index contributed by atoms with van der Waals surface area (Å²) >= 11 is 1.63. The third-order valence-corrected chi connectivity index (χ3v) is 8.04. The number of piperidine rings is 1. The molecule has 162 valence electrons. The molecular weight excluding hydrogens is 406 g/mol. The summed E-state index contributed by atoms with van der Waals surface area (Å²) in [6.07, 6.45) is 6.48. The molecule has 31 heavy (non-hydrogen) atoms. The molecule has 2 saturated heterocycles. The molecular formula is C25H29N3O2S. The van der Waals surface area contributed by atoms with Gasteiger partial charge in [0, 0.05) is 61.8 Å². The average molecular weight is 436 g/mol. The van der Waals surface area contributed by atoms with Crippen LogP contribution in [0.15, 0.2) is 53.9 Å². The number of para-hydroxylation sites is 1. The summed E-state index contributed by atoms with van der Waals surface area (Å²) in [5.74, 6) is 0.587. The fraction of sp³-hybridized carbons (Fsp3) is 0.440. The standard InChI is InChI=1S/C25H29N3O2S/c29-23(9-8-21-7-4-18-31-21)27-12-10-25(11-13-27)19-22(25)24(30)28-16-14-26(15-17-28)20-5-2-1-3-6-20/h1-9,18,22H,10-17,19H2/b9-8+. The quantitative estimate of drug-likeness (QED) is 0.688. The topological polar surface area (TPSA) is 43.9 Å². The van der Waals surface area contributed by atoms with Gasteiger partial charge < -0.3 is 14.7 Å². The van der Waals surface area contributed by atoms with Crippen LogP contribution in [0.4, 0.5) is 5.69 Å². The smallest absolute Gasteiger partial charge is 0.246 e. The van der Waals surface area contributed by atoms with Gasteiger partial charge in [-0.05, 0) is 54.3 Å². The van der Waals surface area contributed by atoms with Crippen LogP contribution in [0.5, 0.6) is 0 Å². The molecule has 1 aliphatic carbocycles. The highest BCUT2D eigenvalue weighted by Gasteiger charge is 2.59. The van der Waals surface area contributed by atoms with Crippen LogP contribution in [0.3, 0.4) is 0 Å². The largest absolute Gasteiger partial charge is 0.368 e. The van der Waals surface area contributed by atoms with Crippen LogP contribution in [0.25, 0.3) is 6.08 Å². The Morgan fingerprint density at radius 2 is 1.65 bits per heavy atom. The molecule has 1 aromatic carbocycles. The van der Waals surface area contributed by atoms with Gasteiger partial charge in [-0.2, -0.15) is 0 Å². The van der Waals surface area contributed by atoms with E-state index in [9.17, 15) is 9.59 Å². The van der Waals surface area contributed by atoms with Gasteiger partial charge in [-0.1, -0.05) is 24.3 Å². The molecule has 3 heterocycles. The first-order chi connectivity index (χ1) is 15.1. The van der Waals surface area contributed by atoms with E-state index in [-0.39, 0.29) is 17.2 Å². The lowest BCUT2D eigenvalue weighted by Crippen LogP contribution is -2.50. The number of nitrogens with zero attached hydrogens (tertiary/aromatic N) is 3. The number of hydrogen-bond donors (Lipinski definition) is 0. The van der Waals surface area contributed by atoms with Crippen molar-refractivity contribution in [1.29, 1.82) is 0 Å². The van der Waals surface area contributed by atoms with Gasteiger partial charge in [0.15, 0.2) is 0 Å². The summed E-state index contributed by atoms with van der Waals surface area (Å²) in [5, 5.41) is 2.01. The Bertz CT molecular complexity index is 940. The van der Waals surface area contributed by atoms with Gasteiger partial charge in [0.25, 0.3) is 0 Å². The lowest BCUT2D eigenvalue weighted by Gasteiger charge is -2.37. The molecule has 1 spiro atoms. The maximum Gasteiger partial charge on any atom is 0.246 e. The number of likely N-dealkylation sites (tertiary alicyclic amines) is 1. The number of carbonyl (C=O) groups is 2.